The Hall–Kier alpha value is -0.680. The lowest BCUT2D eigenvalue weighted by Gasteiger charge is -2.38. The van der Waals surface area contributed by atoms with Gasteiger partial charge in [0.05, 0.1) is 18.4 Å². The Balaban J connectivity index is 1.78. The fraction of sp³-hybridized carbons (Fsp3) is 1.00. The van der Waals surface area contributed by atoms with Crippen LogP contribution in [0.4, 0.5) is 0 Å². The van der Waals surface area contributed by atoms with Gasteiger partial charge in [0.2, 0.25) is 0 Å². The molecule has 5 heteroatoms. The molecule has 80 valence electrons. The third-order valence-corrected chi connectivity index (χ3v) is 3.11. The normalized spacial score (nSPS) is 26.4. The number of piperazine rings is 1. The van der Waals surface area contributed by atoms with Gasteiger partial charge in [-0.2, -0.15) is 0 Å². The molecule has 0 aliphatic carbocycles. The second kappa shape index (κ2) is 4.70. The fourth-order valence-corrected chi connectivity index (χ4v) is 2.21. The summed E-state index contributed by atoms with van der Waals surface area (Å²) in [5.41, 5.74) is 0. The van der Waals surface area contributed by atoms with E-state index in [1.165, 1.54) is 0 Å². The summed E-state index contributed by atoms with van der Waals surface area (Å²) in [4.78, 5) is 12.7. The molecule has 2 aliphatic heterocycles. The van der Waals surface area contributed by atoms with E-state index in [-0.39, 0.29) is 0 Å². The Morgan fingerprint density at radius 3 is 2.29 bits per heavy atom. The lowest BCUT2D eigenvalue weighted by atomic mass is 10.1. The van der Waals surface area contributed by atoms with Gasteiger partial charge in [-0.25, -0.2) is 0 Å². The van der Waals surface area contributed by atoms with E-state index in [0.29, 0.717) is 6.04 Å². The van der Waals surface area contributed by atoms with Crippen molar-refractivity contribution in [3.8, 4) is 0 Å². The van der Waals surface area contributed by atoms with Gasteiger partial charge in [0.15, 0.2) is 0 Å². The van der Waals surface area contributed by atoms with Gasteiger partial charge in [-0.3, -0.25) is 9.91 Å². The zero-order chi connectivity index (χ0) is 9.80. The Kier molecular flexibility index (Phi) is 3.31. The molecule has 0 radical (unpaired) electrons. The summed E-state index contributed by atoms with van der Waals surface area (Å²) >= 11 is 0. The number of ether oxygens (including phenoxy) is 1. The van der Waals surface area contributed by atoms with Crippen LogP contribution < -0.4 is 0 Å². The van der Waals surface area contributed by atoms with Crippen LogP contribution >= 0.6 is 0 Å². The maximum absolute atomic E-state index is 10.3. The summed E-state index contributed by atoms with van der Waals surface area (Å²) in [6.45, 7) is 5.27. The number of hydrogen-bond acceptors (Lipinski definition) is 4. The highest BCUT2D eigenvalue weighted by Crippen LogP contribution is 2.16. The number of nitrogens with zero attached hydrogens (tertiary/aromatic N) is 3. The molecule has 2 saturated heterocycles. The van der Waals surface area contributed by atoms with Crippen LogP contribution in [0.1, 0.15) is 12.8 Å². The van der Waals surface area contributed by atoms with Crippen molar-refractivity contribution in [1.82, 2.24) is 9.91 Å². The van der Waals surface area contributed by atoms with Crippen molar-refractivity contribution in [1.29, 1.82) is 0 Å². The molecule has 2 fully saturated rings. The summed E-state index contributed by atoms with van der Waals surface area (Å²) in [6, 6.07) is 0.664. The molecule has 0 aromatic carbocycles. The zero-order valence-electron chi connectivity index (χ0n) is 8.39. The molecule has 0 saturated carbocycles. The van der Waals surface area contributed by atoms with Crippen LogP contribution in [0, 0.1) is 4.91 Å². The van der Waals surface area contributed by atoms with Crippen molar-refractivity contribution in [3.63, 3.8) is 0 Å². The molecule has 2 rings (SSSR count). The Labute approximate surface area is 83.9 Å². The lowest BCUT2D eigenvalue weighted by Crippen LogP contribution is -2.50. The highest BCUT2D eigenvalue weighted by atomic mass is 16.5. The van der Waals surface area contributed by atoms with E-state index in [1.807, 2.05) is 0 Å². The molecule has 0 N–H and O–H groups in total. The zero-order valence-corrected chi connectivity index (χ0v) is 8.39. The van der Waals surface area contributed by atoms with Gasteiger partial charge in [0.1, 0.15) is 0 Å². The molecule has 0 aromatic heterocycles. The van der Waals surface area contributed by atoms with E-state index in [0.717, 1.165) is 52.2 Å². The van der Waals surface area contributed by atoms with Crippen LogP contribution in [0.5, 0.6) is 0 Å². The number of hydrogen-bond donors (Lipinski definition) is 0. The van der Waals surface area contributed by atoms with E-state index in [4.69, 9.17) is 4.74 Å². The monoisotopic (exact) mass is 199 g/mol. The largest absolute Gasteiger partial charge is 0.381 e. The first-order valence-electron chi connectivity index (χ1n) is 5.30. The van der Waals surface area contributed by atoms with Crippen molar-refractivity contribution < 1.29 is 4.74 Å². The topological polar surface area (TPSA) is 45.1 Å². The summed E-state index contributed by atoms with van der Waals surface area (Å²) < 4.78 is 5.33. The predicted molar refractivity (Wildman–Crippen MR) is 52.8 cm³/mol. The van der Waals surface area contributed by atoms with Crippen molar-refractivity contribution in [3.05, 3.63) is 4.91 Å². The number of nitroso groups, excluding NO2 is 1. The van der Waals surface area contributed by atoms with Gasteiger partial charge in [-0.05, 0) is 12.8 Å². The lowest BCUT2D eigenvalue weighted by molar-refractivity contribution is 0.0139. The van der Waals surface area contributed by atoms with Gasteiger partial charge < -0.3 is 4.74 Å². The van der Waals surface area contributed by atoms with E-state index in [9.17, 15) is 4.91 Å². The Bertz CT molecular complexity index is 186. The van der Waals surface area contributed by atoms with E-state index in [1.54, 1.807) is 5.01 Å². The molecule has 2 aliphatic rings. The van der Waals surface area contributed by atoms with Crippen LogP contribution in [0.15, 0.2) is 5.29 Å². The standard InChI is InChI=1S/C9H17N3O2/c13-10-12-5-3-11(4-6-12)9-1-7-14-8-2-9/h9H,1-8H2. The smallest absolute Gasteiger partial charge is 0.0524 e. The number of rotatable bonds is 2. The Morgan fingerprint density at radius 2 is 1.71 bits per heavy atom. The molecule has 14 heavy (non-hydrogen) atoms. The first-order chi connectivity index (χ1) is 6.90. The van der Waals surface area contributed by atoms with Crippen molar-refractivity contribution >= 4 is 0 Å². The van der Waals surface area contributed by atoms with Crippen LogP contribution in [-0.2, 0) is 4.74 Å². The second-order valence-electron chi connectivity index (χ2n) is 3.91. The summed E-state index contributed by atoms with van der Waals surface area (Å²) in [5.74, 6) is 0. The van der Waals surface area contributed by atoms with Crippen LogP contribution in [-0.4, -0.2) is 55.3 Å². The van der Waals surface area contributed by atoms with Crippen molar-refractivity contribution in [2.24, 2.45) is 5.29 Å². The maximum atomic E-state index is 10.3. The first kappa shape index (κ1) is 9.86. The van der Waals surface area contributed by atoms with E-state index in [2.05, 4.69) is 10.2 Å². The minimum Gasteiger partial charge on any atom is -0.381 e. The van der Waals surface area contributed by atoms with Gasteiger partial charge in [-0.1, -0.05) is 0 Å². The third-order valence-electron chi connectivity index (χ3n) is 3.11. The third kappa shape index (κ3) is 2.22. The van der Waals surface area contributed by atoms with Crippen LogP contribution in [0.2, 0.25) is 0 Å². The van der Waals surface area contributed by atoms with Gasteiger partial charge in [0, 0.05) is 32.3 Å². The molecule has 0 atom stereocenters. The first-order valence-corrected chi connectivity index (χ1v) is 5.30. The SMILES string of the molecule is O=NN1CCN(C2CCOCC2)CC1. The minimum atomic E-state index is 0.664. The molecular weight excluding hydrogens is 182 g/mol. The van der Waals surface area contributed by atoms with Crippen molar-refractivity contribution in [2.75, 3.05) is 39.4 Å². The van der Waals surface area contributed by atoms with Crippen LogP contribution in [0.25, 0.3) is 0 Å². The van der Waals surface area contributed by atoms with E-state index >= 15 is 0 Å². The molecule has 0 aromatic rings. The molecule has 0 bridgehead atoms. The molecular formula is C9H17N3O2. The maximum Gasteiger partial charge on any atom is 0.0524 e. The second-order valence-corrected chi connectivity index (χ2v) is 3.91. The van der Waals surface area contributed by atoms with Gasteiger partial charge in [-0.15, -0.1) is 4.91 Å². The average molecular weight is 199 g/mol. The summed E-state index contributed by atoms with van der Waals surface area (Å²) in [5, 5.41) is 4.57. The molecule has 0 spiro atoms. The van der Waals surface area contributed by atoms with Gasteiger partial charge in [0.25, 0.3) is 0 Å². The quantitative estimate of drug-likeness (QED) is 0.606. The van der Waals surface area contributed by atoms with E-state index < -0.39 is 0 Å². The summed E-state index contributed by atoms with van der Waals surface area (Å²) in [7, 11) is 0. The minimum absolute atomic E-state index is 0.664. The molecule has 0 amide bonds. The van der Waals surface area contributed by atoms with Gasteiger partial charge >= 0.3 is 0 Å². The average Bonchev–Trinajstić information content (AvgIpc) is 2.30. The van der Waals surface area contributed by atoms with Crippen molar-refractivity contribution in [2.45, 2.75) is 18.9 Å². The molecule has 2 heterocycles. The Morgan fingerprint density at radius 1 is 1.07 bits per heavy atom. The molecule has 0 unspecified atom stereocenters. The highest BCUT2D eigenvalue weighted by Gasteiger charge is 2.25. The fourth-order valence-electron chi connectivity index (χ4n) is 2.21. The highest BCUT2D eigenvalue weighted by molar-refractivity contribution is 4.78. The summed E-state index contributed by atoms with van der Waals surface area (Å²) in [6.07, 6.45) is 2.27. The molecule has 5 nitrogen and oxygen atoms in total. The predicted octanol–water partition coefficient (Wildman–Crippen LogP) is 0.464. The van der Waals surface area contributed by atoms with Crippen LogP contribution in [0.3, 0.4) is 0 Å².